The van der Waals surface area contributed by atoms with Crippen LogP contribution < -0.4 is 10.1 Å². The fraction of sp³-hybridized carbons (Fsp3) is 0.231. The molecule has 0 spiro atoms. The molecule has 180 valence electrons. The second-order valence-corrected chi connectivity index (χ2v) is 8.46. The highest BCUT2D eigenvalue weighted by atomic mass is 35.5. The first-order chi connectivity index (χ1) is 17.0. The molecule has 0 bridgehead atoms. The van der Waals surface area contributed by atoms with Gasteiger partial charge in [0.05, 0.1) is 12.6 Å². The SMILES string of the molecule is CCC(C(=O)Nc1ccc(OC)cc1)N(Cc1ccc(Cl)cc1)C(=O)Cn1nnc2ccccc21. The number of benzene rings is 3. The molecule has 0 saturated heterocycles. The summed E-state index contributed by atoms with van der Waals surface area (Å²) < 4.78 is 6.74. The van der Waals surface area contributed by atoms with Crippen molar-refractivity contribution in [1.82, 2.24) is 19.9 Å². The quantitative estimate of drug-likeness (QED) is 0.371. The van der Waals surface area contributed by atoms with Crippen LogP contribution in [0.15, 0.2) is 72.8 Å². The van der Waals surface area contributed by atoms with Crippen molar-refractivity contribution in [3.63, 3.8) is 0 Å². The molecule has 8 nitrogen and oxygen atoms in total. The number of methoxy groups -OCH3 is 1. The van der Waals surface area contributed by atoms with Crippen molar-refractivity contribution in [3.8, 4) is 5.75 Å². The third-order valence-electron chi connectivity index (χ3n) is 5.71. The molecule has 1 N–H and O–H groups in total. The number of nitrogens with zero attached hydrogens (tertiary/aromatic N) is 4. The fourth-order valence-electron chi connectivity index (χ4n) is 3.86. The summed E-state index contributed by atoms with van der Waals surface area (Å²) in [7, 11) is 1.58. The molecule has 1 aromatic heterocycles. The third kappa shape index (κ3) is 5.78. The van der Waals surface area contributed by atoms with Gasteiger partial charge in [-0.1, -0.05) is 48.0 Å². The van der Waals surface area contributed by atoms with Crippen LogP contribution in [0.25, 0.3) is 11.0 Å². The van der Waals surface area contributed by atoms with Crippen molar-refractivity contribution in [2.45, 2.75) is 32.5 Å². The molecular weight excluding hydrogens is 466 g/mol. The van der Waals surface area contributed by atoms with Gasteiger partial charge in [0.25, 0.3) is 0 Å². The van der Waals surface area contributed by atoms with Crippen molar-refractivity contribution >= 4 is 40.1 Å². The van der Waals surface area contributed by atoms with Crippen LogP contribution in [-0.2, 0) is 22.7 Å². The number of hydrogen-bond donors (Lipinski definition) is 1. The van der Waals surface area contributed by atoms with E-state index < -0.39 is 6.04 Å². The molecule has 2 amide bonds. The maximum absolute atomic E-state index is 13.6. The lowest BCUT2D eigenvalue weighted by Crippen LogP contribution is -2.47. The Bertz CT molecular complexity index is 1300. The minimum atomic E-state index is -0.699. The zero-order valence-electron chi connectivity index (χ0n) is 19.5. The predicted molar refractivity (Wildman–Crippen MR) is 135 cm³/mol. The average Bonchev–Trinajstić information content (AvgIpc) is 3.28. The Morgan fingerprint density at radius 1 is 1.06 bits per heavy atom. The highest BCUT2D eigenvalue weighted by Crippen LogP contribution is 2.20. The smallest absolute Gasteiger partial charge is 0.247 e. The van der Waals surface area contributed by atoms with Gasteiger partial charge in [-0.05, 0) is 60.5 Å². The first-order valence-electron chi connectivity index (χ1n) is 11.3. The fourth-order valence-corrected chi connectivity index (χ4v) is 3.98. The summed E-state index contributed by atoms with van der Waals surface area (Å²) in [5.74, 6) is 0.172. The second kappa shape index (κ2) is 11.0. The lowest BCUT2D eigenvalue weighted by atomic mass is 10.1. The largest absolute Gasteiger partial charge is 0.497 e. The van der Waals surface area contributed by atoms with Crippen LogP contribution >= 0.6 is 11.6 Å². The van der Waals surface area contributed by atoms with Gasteiger partial charge in [-0.15, -0.1) is 5.10 Å². The lowest BCUT2D eigenvalue weighted by Gasteiger charge is -2.30. The maximum atomic E-state index is 13.6. The first kappa shape index (κ1) is 24.2. The van der Waals surface area contributed by atoms with Gasteiger partial charge >= 0.3 is 0 Å². The van der Waals surface area contributed by atoms with Crippen molar-refractivity contribution < 1.29 is 14.3 Å². The number of fused-ring (bicyclic) bond motifs is 1. The van der Waals surface area contributed by atoms with Gasteiger partial charge in [-0.25, -0.2) is 4.68 Å². The number of ether oxygens (including phenoxy) is 1. The molecule has 0 aliphatic rings. The number of para-hydroxylation sites is 1. The zero-order valence-corrected chi connectivity index (χ0v) is 20.3. The summed E-state index contributed by atoms with van der Waals surface area (Å²) >= 11 is 6.04. The molecule has 0 aliphatic carbocycles. The van der Waals surface area contributed by atoms with Crippen LogP contribution in [0.2, 0.25) is 5.02 Å². The monoisotopic (exact) mass is 491 g/mol. The summed E-state index contributed by atoms with van der Waals surface area (Å²) in [6.07, 6.45) is 0.430. The molecule has 1 unspecified atom stereocenters. The van der Waals surface area contributed by atoms with Crippen LogP contribution in [-0.4, -0.2) is 44.9 Å². The summed E-state index contributed by atoms with van der Waals surface area (Å²) in [6.45, 7) is 2.09. The van der Waals surface area contributed by atoms with Crippen LogP contribution in [0.4, 0.5) is 5.69 Å². The van der Waals surface area contributed by atoms with Gasteiger partial charge < -0.3 is 15.0 Å². The molecule has 0 saturated carbocycles. The predicted octanol–water partition coefficient (Wildman–Crippen LogP) is 4.54. The van der Waals surface area contributed by atoms with Crippen LogP contribution in [0.3, 0.4) is 0 Å². The van der Waals surface area contributed by atoms with E-state index in [1.54, 1.807) is 53.1 Å². The summed E-state index contributed by atoms with van der Waals surface area (Å²) in [5, 5.41) is 11.8. The molecule has 3 aromatic carbocycles. The number of hydrogen-bond acceptors (Lipinski definition) is 5. The number of nitrogens with one attached hydrogen (secondary N) is 1. The first-order valence-corrected chi connectivity index (χ1v) is 11.6. The zero-order chi connectivity index (χ0) is 24.8. The number of amides is 2. The van der Waals surface area contributed by atoms with Gasteiger partial charge in [0.15, 0.2) is 0 Å². The molecule has 0 radical (unpaired) electrons. The Hall–Kier alpha value is -3.91. The van der Waals surface area contributed by atoms with E-state index in [1.165, 1.54) is 0 Å². The van der Waals surface area contributed by atoms with E-state index in [-0.39, 0.29) is 24.9 Å². The Balaban J connectivity index is 1.59. The maximum Gasteiger partial charge on any atom is 0.247 e. The molecule has 9 heteroatoms. The van der Waals surface area contributed by atoms with Crippen LogP contribution in [0, 0.1) is 0 Å². The van der Waals surface area contributed by atoms with Gasteiger partial charge in [-0.2, -0.15) is 0 Å². The van der Waals surface area contributed by atoms with E-state index in [1.807, 2.05) is 43.3 Å². The molecule has 0 fully saturated rings. The summed E-state index contributed by atoms with van der Waals surface area (Å²) in [4.78, 5) is 28.5. The van der Waals surface area contributed by atoms with E-state index in [0.717, 1.165) is 11.1 Å². The van der Waals surface area contributed by atoms with Gasteiger partial charge in [0, 0.05) is 17.3 Å². The highest BCUT2D eigenvalue weighted by Gasteiger charge is 2.29. The van der Waals surface area contributed by atoms with E-state index >= 15 is 0 Å². The number of rotatable bonds is 9. The van der Waals surface area contributed by atoms with Crippen LogP contribution in [0.5, 0.6) is 5.75 Å². The minimum Gasteiger partial charge on any atom is -0.497 e. The van der Waals surface area contributed by atoms with E-state index in [9.17, 15) is 9.59 Å². The standard InChI is InChI=1S/C26H26ClN5O3/c1-3-23(26(34)28-20-12-14-21(35-2)15-13-20)31(16-18-8-10-19(27)11-9-18)25(33)17-32-24-7-5-4-6-22(24)29-30-32/h4-15,23H,3,16-17H2,1-2H3,(H,28,34). The third-order valence-corrected chi connectivity index (χ3v) is 5.97. The number of aromatic nitrogens is 3. The number of anilines is 1. The van der Waals surface area contributed by atoms with Crippen molar-refractivity contribution in [1.29, 1.82) is 0 Å². The molecule has 35 heavy (non-hydrogen) atoms. The Morgan fingerprint density at radius 2 is 1.77 bits per heavy atom. The van der Waals surface area contributed by atoms with E-state index in [4.69, 9.17) is 16.3 Å². The molecule has 1 heterocycles. The van der Waals surface area contributed by atoms with Gasteiger partial charge in [0.2, 0.25) is 11.8 Å². The molecule has 1 atom stereocenters. The van der Waals surface area contributed by atoms with Gasteiger partial charge in [0.1, 0.15) is 23.9 Å². The highest BCUT2D eigenvalue weighted by molar-refractivity contribution is 6.30. The molecule has 4 rings (SSSR count). The normalized spacial score (nSPS) is 11.7. The number of carbonyl (C=O) groups is 2. The van der Waals surface area contributed by atoms with E-state index in [0.29, 0.717) is 28.4 Å². The average molecular weight is 492 g/mol. The Kier molecular flexibility index (Phi) is 7.62. The second-order valence-electron chi connectivity index (χ2n) is 8.03. The van der Waals surface area contributed by atoms with E-state index in [2.05, 4.69) is 15.6 Å². The summed E-state index contributed by atoms with van der Waals surface area (Å²) in [6, 6.07) is 21.0. The molecular formula is C26H26ClN5O3. The molecule has 0 aliphatic heterocycles. The lowest BCUT2D eigenvalue weighted by molar-refractivity contribution is -0.140. The number of halogens is 1. The molecule has 4 aromatic rings. The minimum absolute atomic E-state index is 0.0413. The number of carbonyl (C=O) groups excluding carboxylic acids is 2. The van der Waals surface area contributed by atoms with Crippen LogP contribution in [0.1, 0.15) is 18.9 Å². The van der Waals surface area contributed by atoms with Crippen molar-refractivity contribution in [2.75, 3.05) is 12.4 Å². The summed E-state index contributed by atoms with van der Waals surface area (Å²) in [5.41, 5.74) is 2.94. The topological polar surface area (TPSA) is 89.4 Å². The van der Waals surface area contributed by atoms with Crippen molar-refractivity contribution in [3.05, 3.63) is 83.4 Å². The van der Waals surface area contributed by atoms with Crippen molar-refractivity contribution in [2.24, 2.45) is 0 Å². The van der Waals surface area contributed by atoms with Gasteiger partial charge in [-0.3, -0.25) is 9.59 Å². The Morgan fingerprint density at radius 3 is 2.46 bits per heavy atom. The Labute approximate surface area is 208 Å².